The van der Waals surface area contributed by atoms with Crippen molar-refractivity contribution in [2.75, 3.05) is 13.2 Å². The number of thiazole rings is 1. The van der Waals surface area contributed by atoms with Crippen LogP contribution in [0.4, 0.5) is 0 Å². The van der Waals surface area contributed by atoms with Gasteiger partial charge in [0.2, 0.25) is 0 Å². The number of hydrogen-bond donors (Lipinski definition) is 1. The Labute approximate surface area is 96.7 Å². The lowest BCUT2D eigenvalue weighted by Gasteiger charge is -2.03. The molecule has 1 N–H and O–H groups in total. The smallest absolute Gasteiger partial charge is 0.308 e. The Bertz CT molecular complexity index is 544. The van der Waals surface area contributed by atoms with E-state index in [1.54, 1.807) is 4.57 Å². The van der Waals surface area contributed by atoms with Crippen molar-refractivity contribution in [1.29, 1.82) is 0 Å². The first kappa shape index (κ1) is 11.2. The number of benzene rings is 1. The van der Waals surface area contributed by atoms with Crippen LogP contribution < -0.4 is 9.61 Å². The fourth-order valence-electron chi connectivity index (χ4n) is 1.61. The summed E-state index contributed by atoms with van der Waals surface area (Å²) in [5.41, 5.74) is 0.854. The maximum Gasteiger partial charge on any atom is 0.308 e. The number of nitrogens with zero attached hydrogens (tertiary/aromatic N) is 1. The third kappa shape index (κ3) is 1.96. The Morgan fingerprint density at radius 2 is 2.31 bits per heavy atom. The third-order valence-corrected chi connectivity index (χ3v) is 3.22. The minimum absolute atomic E-state index is 0.0288. The lowest BCUT2D eigenvalue weighted by atomic mass is 10.3. The van der Waals surface area contributed by atoms with Gasteiger partial charge in [-0.1, -0.05) is 11.3 Å². The number of aliphatic hydroxyl groups excluding tert-OH is 1. The summed E-state index contributed by atoms with van der Waals surface area (Å²) in [5.74, 6) is 0.771. The molecule has 0 bridgehead atoms. The van der Waals surface area contributed by atoms with Crippen LogP contribution in [-0.2, 0) is 6.54 Å². The number of aliphatic hydroxyl groups is 1. The molecule has 2 aromatic rings. The predicted molar refractivity (Wildman–Crippen MR) is 64.3 cm³/mol. The maximum absolute atomic E-state index is 11.6. The lowest BCUT2D eigenvalue weighted by molar-refractivity contribution is 0.277. The van der Waals surface area contributed by atoms with E-state index >= 15 is 0 Å². The first-order valence-electron chi connectivity index (χ1n) is 5.13. The first-order chi connectivity index (χ1) is 7.76. The molecule has 5 heteroatoms. The second-order valence-corrected chi connectivity index (χ2v) is 4.30. The van der Waals surface area contributed by atoms with Crippen molar-refractivity contribution in [1.82, 2.24) is 4.57 Å². The zero-order valence-corrected chi connectivity index (χ0v) is 9.79. The van der Waals surface area contributed by atoms with E-state index in [0.29, 0.717) is 13.2 Å². The molecule has 0 spiro atoms. The van der Waals surface area contributed by atoms with Crippen molar-refractivity contribution in [3.05, 3.63) is 27.9 Å². The topological polar surface area (TPSA) is 51.5 Å². The molecule has 0 unspecified atom stereocenters. The minimum Gasteiger partial charge on any atom is -0.494 e. The predicted octanol–water partition coefficient (Wildman–Crippen LogP) is 1.45. The van der Waals surface area contributed by atoms with Crippen molar-refractivity contribution < 1.29 is 9.84 Å². The molecule has 0 fully saturated rings. The van der Waals surface area contributed by atoms with Gasteiger partial charge in [0.25, 0.3) is 0 Å². The largest absolute Gasteiger partial charge is 0.494 e. The van der Waals surface area contributed by atoms with Gasteiger partial charge < -0.3 is 9.84 Å². The van der Waals surface area contributed by atoms with E-state index in [1.165, 1.54) is 11.3 Å². The zero-order chi connectivity index (χ0) is 11.5. The van der Waals surface area contributed by atoms with Crippen LogP contribution in [0.5, 0.6) is 5.75 Å². The van der Waals surface area contributed by atoms with Gasteiger partial charge in [0.15, 0.2) is 0 Å². The average molecular weight is 239 g/mol. The van der Waals surface area contributed by atoms with Crippen LogP contribution in [0, 0.1) is 0 Å². The fraction of sp³-hybridized carbons (Fsp3) is 0.364. The standard InChI is InChI=1S/C11H13NO3S/c1-2-15-8-3-4-9-10(7-8)16-11(14)12(9)5-6-13/h3-4,7,13H,2,5-6H2,1H3. The molecule has 0 aliphatic carbocycles. The van der Waals surface area contributed by atoms with Crippen molar-refractivity contribution >= 4 is 21.6 Å². The molecule has 0 saturated heterocycles. The van der Waals surface area contributed by atoms with E-state index in [9.17, 15) is 4.79 Å². The van der Waals surface area contributed by atoms with Gasteiger partial charge in [-0.25, -0.2) is 0 Å². The highest BCUT2D eigenvalue weighted by Crippen LogP contribution is 2.23. The Morgan fingerprint density at radius 1 is 1.50 bits per heavy atom. The molecule has 1 aromatic heterocycles. The molecular weight excluding hydrogens is 226 g/mol. The number of ether oxygens (including phenoxy) is 1. The highest BCUT2D eigenvalue weighted by molar-refractivity contribution is 7.16. The summed E-state index contributed by atoms with van der Waals surface area (Å²) >= 11 is 1.18. The first-order valence-corrected chi connectivity index (χ1v) is 5.95. The number of aromatic nitrogens is 1. The van der Waals surface area contributed by atoms with Crippen LogP contribution in [0.2, 0.25) is 0 Å². The van der Waals surface area contributed by atoms with Gasteiger partial charge in [0.1, 0.15) is 5.75 Å². The Balaban J connectivity index is 2.52. The number of fused-ring (bicyclic) bond motifs is 1. The summed E-state index contributed by atoms with van der Waals surface area (Å²) in [4.78, 5) is 11.6. The van der Waals surface area contributed by atoms with Gasteiger partial charge in [-0.15, -0.1) is 0 Å². The van der Waals surface area contributed by atoms with Crippen molar-refractivity contribution in [3.63, 3.8) is 0 Å². The molecule has 0 radical (unpaired) electrons. The molecule has 16 heavy (non-hydrogen) atoms. The summed E-state index contributed by atoms with van der Waals surface area (Å²) in [6, 6.07) is 5.55. The van der Waals surface area contributed by atoms with Crippen LogP contribution in [0.3, 0.4) is 0 Å². The zero-order valence-electron chi connectivity index (χ0n) is 8.97. The molecule has 1 aromatic carbocycles. The molecule has 86 valence electrons. The van der Waals surface area contributed by atoms with Crippen LogP contribution in [0.1, 0.15) is 6.92 Å². The molecule has 1 heterocycles. The van der Waals surface area contributed by atoms with Gasteiger partial charge in [-0.05, 0) is 25.1 Å². The fourth-order valence-corrected chi connectivity index (χ4v) is 2.56. The van der Waals surface area contributed by atoms with Gasteiger partial charge in [0.05, 0.1) is 30.0 Å². The second kappa shape index (κ2) is 4.67. The van der Waals surface area contributed by atoms with Crippen LogP contribution in [-0.4, -0.2) is 22.9 Å². The molecule has 4 nitrogen and oxygen atoms in total. The molecule has 0 aliphatic rings. The van der Waals surface area contributed by atoms with Gasteiger partial charge in [-0.2, -0.15) is 0 Å². The SMILES string of the molecule is CCOc1ccc2c(c1)sc(=O)n2CCO. The van der Waals surface area contributed by atoms with E-state index in [0.717, 1.165) is 16.0 Å². The third-order valence-electron chi connectivity index (χ3n) is 2.27. The maximum atomic E-state index is 11.6. The van der Waals surface area contributed by atoms with Crippen molar-refractivity contribution in [3.8, 4) is 5.75 Å². The lowest BCUT2D eigenvalue weighted by Crippen LogP contribution is -2.14. The summed E-state index contributed by atoms with van der Waals surface area (Å²) in [5, 5.41) is 8.88. The summed E-state index contributed by atoms with van der Waals surface area (Å²) in [6.45, 7) is 2.84. The van der Waals surface area contributed by atoms with E-state index in [-0.39, 0.29) is 11.5 Å². The van der Waals surface area contributed by atoms with Crippen LogP contribution in [0.15, 0.2) is 23.0 Å². The Hall–Kier alpha value is -1.33. The van der Waals surface area contributed by atoms with E-state index in [1.807, 2.05) is 25.1 Å². The number of hydrogen-bond acceptors (Lipinski definition) is 4. The number of rotatable bonds is 4. The van der Waals surface area contributed by atoms with Crippen molar-refractivity contribution in [2.24, 2.45) is 0 Å². The van der Waals surface area contributed by atoms with E-state index < -0.39 is 0 Å². The quantitative estimate of drug-likeness (QED) is 0.878. The van der Waals surface area contributed by atoms with Gasteiger partial charge >= 0.3 is 4.87 Å². The monoisotopic (exact) mass is 239 g/mol. The second-order valence-electron chi connectivity index (χ2n) is 3.31. The summed E-state index contributed by atoms with van der Waals surface area (Å²) < 4.78 is 7.84. The highest BCUT2D eigenvalue weighted by Gasteiger charge is 2.07. The van der Waals surface area contributed by atoms with Crippen molar-refractivity contribution in [2.45, 2.75) is 13.5 Å². The molecule has 0 atom stereocenters. The minimum atomic E-state index is -0.0438. The van der Waals surface area contributed by atoms with Crippen LogP contribution >= 0.6 is 11.3 Å². The molecule has 0 aliphatic heterocycles. The highest BCUT2D eigenvalue weighted by atomic mass is 32.1. The molecule has 2 rings (SSSR count). The molecule has 0 amide bonds. The van der Waals surface area contributed by atoms with E-state index in [2.05, 4.69) is 0 Å². The average Bonchev–Trinajstić information content (AvgIpc) is 2.56. The molecular formula is C11H13NO3S. The Morgan fingerprint density at radius 3 is 3.00 bits per heavy atom. The molecule has 0 saturated carbocycles. The van der Waals surface area contributed by atoms with E-state index in [4.69, 9.17) is 9.84 Å². The van der Waals surface area contributed by atoms with Crippen LogP contribution in [0.25, 0.3) is 10.2 Å². The van der Waals surface area contributed by atoms with Gasteiger partial charge in [0, 0.05) is 0 Å². The summed E-state index contributed by atoms with van der Waals surface area (Å²) in [7, 11) is 0. The summed E-state index contributed by atoms with van der Waals surface area (Å²) in [6.07, 6.45) is 0. The van der Waals surface area contributed by atoms with Gasteiger partial charge in [-0.3, -0.25) is 9.36 Å². The normalized spacial score (nSPS) is 10.9. The Kier molecular flexibility index (Phi) is 3.26.